The molecule has 3 rings (SSSR count). The fraction of sp³-hybridized carbons (Fsp3) is 0.500. The molecule has 38 heavy (non-hydrogen) atoms. The number of piperidine rings is 1. The first-order valence-electron chi connectivity index (χ1n) is 12.8. The number of carboxylic acids is 2. The second-order valence-corrected chi connectivity index (χ2v) is 9.54. The number of aromatic nitrogens is 1. The number of nitrogens with one attached hydrogen (secondary N) is 5. The van der Waals surface area contributed by atoms with Gasteiger partial charge in [0.05, 0.1) is 13.0 Å². The number of para-hydroxylation sites is 1. The van der Waals surface area contributed by atoms with E-state index in [0.717, 1.165) is 43.3 Å². The Kier molecular flexibility index (Phi) is 10.6. The smallest absolute Gasteiger partial charge is 0.326 e. The van der Waals surface area contributed by atoms with Crippen LogP contribution in [0, 0.1) is 5.92 Å². The summed E-state index contributed by atoms with van der Waals surface area (Å²) in [6, 6.07) is 4.42. The quantitative estimate of drug-likeness (QED) is 0.184. The van der Waals surface area contributed by atoms with Crippen molar-refractivity contribution in [2.75, 3.05) is 19.6 Å². The number of hydrogen-bond acceptors (Lipinski definition) is 6. The number of carboxylic acid groups (broad SMARTS) is 2. The minimum absolute atomic E-state index is 0.0494. The van der Waals surface area contributed by atoms with Gasteiger partial charge in [-0.1, -0.05) is 18.2 Å². The Balaban J connectivity index is 1.50. The molecule has 1 aliphatic rings. The van der Waals surface area contributed by atoms with E-state index >= 15 is 0 Å². The van der Waals surface area contributed by atoms with E-state index in [1.807, 2.05) is 18.2 Å². The predicted molar refractivity (Wildman–Crippen MR) is 138 cm³/mol. The monoisotopic (exact) mass is 529 g/mol. The van der Waals surface area contributed by atoms with Crippen molar-refractivity contribution in [3.05, 3.63) is 36.0 Å². The van der Waals surface area contributed by atoms with E-state index in [4.69, 9.17) is 0 Å². The average Bonchev–Trinajstić information content (AvgIpc) is 3.29. The molecule has 1 aromatic carbocycles. The number of benzene rings is 1. The van der Waals surface area contributed by atoms with Crippen molar-refractivity contribution < 1.29 is 34.2 Å². The zero-order valence-corrected chi connectivity index (χ0v) is 21.1. The van der Waals surface area contributed by atoms with Gasteiger partial charge in [-0.05, 0) is 56.3 Å². The van der Waals surface area contributed by atoms with Gasteiger partial charge in [0.25, 0.3) is 0 Å². The molecule has 3 amide bonds. The fourth-order valence-corrected chi connectivity index (χ4v) is 4.61. The number of amides is 3. The second-order valence-electron chi connectivity index (χ2n) is 9.54. The molecule has 2 atom stereocenters. The molecule has 1 aromatic heterocycles. The summed E-state index contributed by atoms with van der Waals surface area (Å²) in [5.74, 6) is -4.06. The molecule has 12 heteroatoms. The van der Waals surface area contributed by atoms with E-state index in [0.29, 0.717) is 17.9 Å². The molecule has 1 aliphatic heterocycles. The van der Waals surface area contributed by atoms with E-state index in [9.17, 15) is 34.2 Å². The van der Waals surface area contributed by atoms with Crippen molar-refractivity contribution in [3.63, 3.8) is 0 Å². The molecule has 12 nitrogen and oxygen atoms in total. The van der Waals surface area contributed by atoms with Gasteiger partial charge in [0, 0.05) is 29.9 Å². The normalized spacial score (nSPS) is 15.4. The number of H-pyrrole nitrogens is 1. The fourth-order valence-electron chi connectivity index (χ4n) is 4.61. The van der Waals surface area contributed by atoms with Crippen LogP contribution in [0.2, 0.25) is 0 Å². The first-order chi connectivity index (χ1) is 18.2. The maximum atomic E-state index is 12.8. The van der Waals surface area contributed by atoms with Crippen molar-refractivity contribution in [1.82, 2.24) is 26.3 Å². The summed E-state index contributed by atoms with van der Waals surface area (Å²) in [5.41, 5.74) is 1.47. The van der Waals surface area contributed by atoms with Crippen LogP contribution in [0.5, 0.6) is 0 Å². The van der Waals surface area contributed by atoms with Crippen molar-refractivity contribution in [1.29, 1.82) is 0 Å². The molecule has 0 radical (unpaired) electrons. The van der Waals surface area contributed by atoms with Gasteiger partial charge in [-0.3, -0.25) is 19.2 Å². The summed E-state index contributed by atoms with van der Waals surface area (Å²) in [6.45, 7) is 1.55. The zero-order valence-electron chi connectivity index (χ0n) is 21.1. The van der Waals surface area contributed by atoms with Crippen molar-refractivity contribution in [2.45, 2.75) is 57.0 Å². The first kappa shape index (κ1) is 28.6. The van der Waals surface area contributed by atoms with E-state index in [-0.39, 0.29) is 18.7 Å². The molecule has 0 spiro atoms. The molecule has 206 valence electrons. The molecule has 7 N–H and O–H groups in total. The van der Waals surface area contributed by atoms with Crippen LogP contribution in [0.15, 0.2) is 30.5 Å². The molecular weight excluding hydrogens is 494 g/mol. The summed E-state index contributed by atoms with van der Waals surface area (Å²) in [6.07, 6.45) is 4.93. The third-order valence-corrected chi connectivity index (χ3v) is 6.67. The lowest BCUT2D eigenvalue weighted by Gasteiger charge is -2.22. The highest BCUT2D eigenvalue weighted by molar-refractivity contribution is 5.94. The summed E-state index contributed by atoms with van der Waals surface area (Å²) >= 11 is 0. The van der Waals surface area contributed by atoms with Crippen LogP contribution in [0.4, 0.5) is 0 Å². The lowest BCUT2D eigenvalue weighted by molar-refractivity contribution is -0.143. The van der Waals surface area contributed by atoms with Gasteiger partial charge < -0.3 is 36.5 Å². The van der Waals surface area contributed by atoms with Crippen LogP contribution in [0.25, 0.3) is 10.9 Å². The first-order valence-corrected chi connectivity index (χ1v) is 12.8. The zero-order chi connectivity index (χ0) is 27.5. The Bertz CT molecular complexity index is 1140. The Morgan fingerprint density at radius 2 is 1.71 bits per heavy atom. The van der Waals surface area contributed by atoms with Gasteiger partial charge in [0.15, 0.2) is 0 Å². The van der Waals surface area contributed by atoms with Gasteiger partial charge in [0.1, 0.15) is 12.1 Å². The number of aromatic amines is 1. The highest BCUT2D eigenvalue weighted by atomic mass is 16.4. The minimum atomic E-state index is -1.51. The number of fused-ring (bicyclic) bond motifs is 1. The topological polar surface area (TPSA) is 190 Å². The summed E-state index contributed by atoms with van der Waals surface area (Å²) in [7, 11) is 0. The predicted octanol–water partition coefficient (Wildman–Crippen LogP) is 0.525. The van der Waals surface area contributed by atoms with Gasteiger partial charge in [0.2, 0.25) is 17.7 Å². The molecule has 1 fully saturated rings. The van der Waals surface area contributed by atoms with Crippen LogP contribution in [-0.2, 0) is 30.4 Å². The maximum absolute atomic E-state index is 12.8. The SMILES string of the molecule is O=C(O)C[C@H](NC(=O)CNC(=O)CCCC1CCNCC1)C(=O)N[C@@H](Cc1c[nH]c2ccccc12)C(=O)O. The largest absolute Gasteiger partial charge is 0.481 e. The number of carbonyl (C=O) groups is 5. The molecule has 2 heterocycles. The highest BCUT2D eigenvalue weighted by Gasteiger charge is 2.29. The number of carbonyl (C=O) groups excluding carboxylic acids is 3. The Hall–Kier alpha value is -3.93. The van der Waals surface area contributed by atoms with Gasteiger partial charge in [-0.2, -0.15) is 0 Å². The molecular formula is C26H35N5O7. The Morgan fingerprint density at radius 3 is 2.42 bits per heavy atom. The van der Waals surface area contributed by atoms with Crippen LogP contribution in [-0.4, -0.2) is 76.6 Å². The standard InChI is InChI=1S/C26H35N5O7/c32-22(7-3-4-16-8-10-27-11-9-16)29-15-23(33)30-20(13-24(34)35)25(36)31-21(26(37)38)12-17-14-28-19-6-2-1-5-18(17)19/h1-2,5-6,14,16,20-21,27-28H,3-4,7-13,15H2,(H,29,32)(H,30,33)(H,31,36)(H,34,35)(H,37,38)/t20-,21-/m0/s1. The second kappa shape index (κ2) is 14.1. The van der Waals surface area contributed by atoms with E-state index in [2.05, 4.69) is 26.3 Å². The number of aliphatic carboxylic acids is 2. The van der Waals surface area contributed by atoms with Crippen molar-refractivity contribution >= 4 is 40.6 Å². The van der Waals surface area contributed by atoms with E-state index in [1.54, 1.807) is 12.3 Å². The van der Waals surface area contributed by atoms with Crippen molar-refractivity contribution in [2.24, 2.45) is 5.92 Å². The average molecular weight is 530 g/mol. The highest BCUT2D eigenvalue weighted by Crippen LogP contribution is 2.20. The molecule has 0 aliphatic carbocycles. The van der Waals surface area contributed by atoms with Gasteiger partial charge in [-0.15, -0.1) is 0 Å². The number of rotatable bonds is 14. The van der Waals surface area contributed by atoms with Crippen LogP contribution in [0.3, 0.4) is 0 Å². The summed E-state index contributed by atoms with van der Waals surface area (Å²) in [4.78, 5) is 63.5. The Morgan fingerprint density at radius 1 is 0.974 bits per heavy atom. The van der Waals surface area contributed by atoms with E-state index in [1.165, 1.54) is 0 Å². The van der Waals surface area contributed by atoms with Crippen LogP contribution < -0.4 is 21.3 Å². The van der Waals surface area contributed by atoms with Crippen LogP contribution in [0.1, 0.15) is 44.1 Å². The molecule has 0 unspecified atom stereocenters. The summed E-state index contributed by atoms with van der Waals surface area (Å²) in [5, 5.41) is 30.1. The van der Waals surface area contributed by atoms with Gasteiger partial charge in [-0.25, -0.2) is 4.79 Å². The van der Waals surface area contributed by atoms with Crippen LogP contribution >= 0.6 is 0 Å². The minimum Gasteiger partial charge on any atom is -0.481 e. The van der Waals surface area contributed by atoms with E-state index < -0.39 is 48.8 Å². The third-order valence-electron chi connectivity index (χ3n) is 6.67. The molecule has 0 saturated carbocycles. The number of hydrogen-bond donors (Lipinski definition) is 7. The summed E-state index contributed by atoms with van der Waals surface area (Å²) < 4.78 is 0. The lowest BCUT2D eigenvalue weighted by Crippen LogP contribution is -2.54. The Labute approximate surface area is 219 Å². The molecule has 2 aromatic rings. The maximum Gasteiger partial charge on any atom is 0.326 e. The van der Waals surface area contributed by atoms with Crippen molar-refractivity contribution in [3.8, 4) is 0 Å². The third kappa shape index (κ3) is 8.87. The molecule has 1 saturated heterocycles. The molecule has 0 bridgehead atoms. The lowest BCUT2D eigenvalue weighted by atomic mass is 9.92. The van der Waals surface area contributed by atoms with Gasteiger partial charge >= 0.3 is 11.9 Å².